The molecule has 0 aliphatic carbocycles. The molecule has 0 bridgehead atoms. The van der Waals surface area contributed by atoms with Gasteiger partial charge in [0.25, 0.3) is 5.91 Å². The third kappa shape index (κ3) is 6.51. The predicted molar refractivity (Wildman–Crippen MR) is 137 cm³/mol. The molecule has 1 heterocycles. The number of unbranched alkanes of at least 4 members (excludes halogenated alkanes) is 2. The maximum atomic E-state index is 14.0. The van der Waals surface area contributed by atoms with Gasteiger partial charge in [0, 0.05) is 40.9 Å². The zero-order valence-electron chi connectivity index (χ0n) is 20.9. The van der Waals surface area contributed by atoms with E-state index < -0.39 is 28.3 Å². The Hall–Kier alpha value is -3.20. The highest BCUT2D eigenvalue weighted by atomic mass is 32.2. The SMILES string of the molecule is CCCCCn1c(-c2ccc(SC(C)(C)C(=O)O)cc2)nc(C(=O)NCc2ccc(F)cc2F)c1C. The number of hydrogen-bond acceptors (Lipinski definition) is 4. The summed E-state index contributed by atoms with van der Waals surface area (Å²) in [6, 6.07) is 10.7. The van der Waals surface area contributed by atoms with Crippen LogP contribution in [-0.2, 0) is 17.9 Å². The molecule has 2 N–H and O–H groups in total. The molecule has 0 unspecified atom stereocenters. The maximum absolute atomic E-state index is 14.0. The molecule has 0 radical (unpaired) electrons. The lowest BCUT2D eigenvalue weighted by atomic mass is 10.2. The van der Waals surface area contributed by atoms with Crippen LogP contribution in [0.3, 0.4) is 0 Å². The number of rotatable bonds is 11. The average Bonchev–Trinajstić information content (AvgIpc) is 3.15. The Morgan fingerprint density at radius 2 is 1.81 bits per heavy atom. The van der Waals surface area contributed by atoms with E-state index in [1.54, 1.807) is 13.8 Å². The van der Waals surface area contributed by atoms with Crippen molar-refractivity contribution in [1.29, 1.82) is 0 Å². The Bertz CT molecular complexity index is 1240. The summed E-state index contributed by atoms with van der Waals surface area (Å²) in [5, 5.41) is 12.1. The van der Waals surface area contributed by atoms with Crippen LogP contribution in [0.5, 0.6) is 0 Å². The maximum Gasteiger partial charge on any atom is 0.319 e. The van der Waals surface area contributed by atoms with E-state index >= 15 is 0 Å². The monoisotopic (exact) mass is 515 g/mol. The first-order valence-electron chi connectivity index (χ1n) is 11.9. The Morgan fingerprint density at radius 3 is 2.42 bits per heavy atom. The van der Waals surface area contributed by atoms with Crippen LogP contribution in [-0.4, -0.2) is 31.3 Å². The summed E-state index contributed by atoms with van der Waals surface area (Å²) in [5.74, 6) is -2.10. The van der Waals surface area contributed by atoms with Crippen molar-refractivity contribution in [3.8, 4) is 11.4 Å². The molecule has 6 nitrogen and oxygen atoms in total. The van der Waals surface area contributed by atoms with Crippen LogP contribution < -0.4 is 5.32 Å². The van der Waals surface area contributed by atoms with Crippen LogP contribution in [0.25, 0.3) is 11.4 Å². The number of hydrogen-bond donors (Lipinski definition) is 2. The van der Waals surface area contributed by atoms with Gasteiger partial charge in [-0.05, 0) is 45.4 Å². The van der Waals surface area contributed by atoms with Gasteiger partial charge in [0.05, 0.1) is 0 Å². The van der Waals surface area contributed by atoms with Gasteiger partial charge in [-0.1, -0.05) is 38.0 Å². The van der Waals surface area contributed by atoms with Gasteiger partial charge in [-0.2, -0.15) is 0 Å². The van der Waals surface area contributed by atoms with Gasteiger partial charge < -0.3 is 15.0 Å². The van der Waals surface area contributed by atoms with Crippen LogP contribution in [0.4, 0.5) is 8.78 Å². The minimum absolute atomic E-state index is 0.0896. The van der Waals surface area contributed by atoms with Crippen molar-refractivity contribution in [3.63, 3.8) is 0 Å². The molecule has 0 atom stereocenters. The number of imidazole rings is 1. The number of amides is 1. The van der Waals surface area contributed by atoms with E-state index in [1.807, 2.05) is 35.8 Å². The molecule has 0 saturated carbocycles. The molecule has 0 spiro atoms. The normalized spacial score (nSPS) is 11.5. The van der Waals surface area contributed by atoms with Crippen molar-refractivity contribution >= 4 is 23.6 Å². The Morgan fingerprint density at radius 1 is 1.11 bits per heavy atom. The summed E-state index contributed by atoms with van der Waals surface area (Å²) < 4.78 is 28.2. The van der Waals surface area contributed by atoms with Crippen LogP contribution in [0.1, 0.15) is 61.8 Å². The van der Waals surface area contributed by atoms with Gasteiger partial charge in [-0.25, -0.2) is 13.8 Å². The molecular formula is C27H31F2N3O3S. The number of carboxylic acid groups (broad SMARTS) is 1. The summed E-state index contributed by atoms with van der Waals surface area (Å²) in [5.41, 5.74) is 1.93. The van der Waals surface area contributed by atoms with E-state index in [0.29, 0.717) is 18.1 Å². The standard InChI is InChI=1S/C27H31F2N3O3S/c1-5-6-7-14-32-17(2)23(25(33)30-16-19-8-11-20(28)15-22(19)29)31-24(32)18-9-12-21(13-10-18)36-27(3,4)26(34)35/h8-13,15H,5-7,14,16H2,1-4H3,(H,30,33)(H,34,35). The summed E-state index contributed by atoms with van der Waals surface area (Å²) >= 11 is 1.25. The predicted octanol–water partition coefficient (Wildman–Crippen LogP) is 6.21. The van der Waals surface area contributed by atoms with Crippen LogP contribution in [0.2, 0.25) is 0 Å². The zero-order chi connectivity index (χ0) is 26.5. The molecule has 36 heavy (non-hydrogen) atoms. The quantitative estimate of drug-likeness (QED) is 0.234. The van der Waals surface area contributed by atoms with Gasteiger partial charge in [0.2, 0.25) is 0 Å². The number of aromatic nitrogens is 2. The second-order valence-electron chi connectivity index (χ2n) is 9.09. The second-order valence-corrected chi connectivity index (χ2v) is 10.8. The van der Waals surface area contributed by atoms with Gasteiger partial charge in [0.15, 0.2) is 0 Å². The first-order chi connectivity index (χ1) is 17.0. The molecule has 2 aromatic carbocycles. The van der Waals surface area contributed by atoms with Gasteiger partial charge in [-0.15, -0.1) is 11.8 Å². The fourth-order valence-corrected chi connectivity index (χ4v) is 4.65. The molecule has 192 valence electrons. The minimum Gasteiger partial charge on any atom is -0.480 e. The van der Waals surface area contributed by atoms with Crippen LogP contribution >= 0.6 is 11.8 Å². The lowest BCUT2D eigenvalue weighted by Crippen LogP contribution is -2.26. The molecular weight excluding hydrogens is 484 g/mol. The molecule has 0 aliphatic heterocycles. The third-order valence-electron chi connectivity index (χ3n) is 5.88. The molecule has 9 heteroatoms. The smallest absolute Gasteiger partial charge is 0.319 e. The fraction of sp³-hybridized carbons (Fsp3) is 0.370. The van der Waals surface area contributed by atoms with E-state index in [9.17, 15) is 23.5 Å². The van der Waals surface area contributed by atoms with Crippen LogP contribution in [0, 0.1) is 18.6 Å². The van der Waals surface area contributed by atoms with Gasteiger partial charge in [-0.3, -0.25) is 9.59 Å². The number of aliphatic carboxylic acids is 1. The van der Waals surface area contributed by atoms with E-state index in [1.165, 1.54) is 17.8 Å². The summed E-state index contributed by atoms with van der Waals surface area (Å²) in [4.78, 5) is 29.9. The fourth-order valence-electron chi connectivity index (χ4n) is 3.70. The lowest BCUT2D eigenvalue weighted by molar-refractivity contribution is -0.138. The Balaban J connectivity index is 1.87. The topological polar surface area (TPSA) is 84.2 Å². The highest BCUT2D eigenvalue weighted by Gasteiger charge is 2.28. The highest BCUT2D eigenvalue weighted by Crippen LogP contribution is 2.34. The number of benzene rings is 2. The molecule has 1 aromatic heterocycles. The highest BCUT2D eigenvalue weighted by molar-refractivity contribution is 8.01. The molecule has 1 amide bonds. The van der Waals surface area contributed by atoms with E-state index in [0.717, 1.165) is 41.9 Å². The lowest BCUT2D eigenvalue weighted by Gasteiger charge is -2.18. The van der Waals surface area contributed by atoms with E-state index in [4.69, 9.17) is 0 Å². The van der Waals surface area contributed by atoms with Crippen LogP contribution in [0.15, 0.2) is 47.4 Å². The molecule has 0 saturated heterocycles. The number of carboxylic acids is 1. The van der Waals surface area contributed by atoms with E-state index in [-0.39, 0.29) is 17.8 Å². The summed E-state index contributed by atoms with van der Waals surface area (Å²) in [6.07, 6.45) is 3.00. The van der Waals surface area contributed by atoms with Crippen molar-refractivity contribution < 1.29 is 23.5 Å². The minimum atomic E-state index is -0.966. The second kappa shape index (κ2) is 11.7. The number of thioether (sulfide) groups is 1. The number of nitrogens with zero attached hydrogens (tertiary/aromatic N) is 2. The average molecular weight is 516 g/mol. The first kappa shape index (κ1) is 27.4. The number of halogens is 2. The zero-order valence-corrected chi connectivity index (χ0v) is 21.7. The molecule has 0 fully saturated rings. The van der Waals surface area contributed by atoms with Crippen molar-refractivity contribution in [2.24, 2.45) is 0 Å². The summed E-state index contributed by atoms with van der Waals surface area (Å²) in [6.45, 7) is 7.85. The third-order valence-corrected chi connectivity index (χ3v) is 7.07. The Kier molecular flexibility index (Phi) is 8.89. The van der Waals surface area contributed by atoms with Crippen molar-refractivity contribution in [2.45, 2.75) is 69.7 Å². The van der Waals surface area contributed by atoms with Crippen molar-refractivity contribution in [2.75, 3.05) is 0 Å². The van der Waals surface area contributed by atoms with Crippen molar-refractivity contribution in [3.05, 3.63) is 71.1 Å². The number of carbonyl (C=O) groups is 2. The number of nitrogens with one attached hydrogen (secondary N) is 1. The Labute approximate surface area is 214 Å². The number of carbonyl (C=O) groups excluding carboxylic acids is 1. The van der Waals surface area contributed by atoms with Crippen molar-refractivity contribution in [1.82, 2.24) is 14.9 Å². The molecule has 0 aliphatic rings. The molecule has 3 aromatic rings. The van der Waals surface area contributed by atoms with E-state index in [2.05, 4.69) is 17.2 Å². The van der Waals surface area contributed by atoms with Gasteiger partial charge in [0.1, 0.15) is 27.9 Å². The first-order valence-corrected chi connectivity index (χ1v) is 12.7. The molecule has 3 rings (SSSR count). The summed E-state index contributed by atoms with van der Waals surface area (Å²) in [7, 11) is 0. The largest absolute Gasteiger partial charge is 0.480 e. The van der Waals surface area contributed by atoms with Gasteiger partial charge >= 0.3 is 5.97 Å².